The molecule has 0 aliphatic heterocycles. The Balaban J connectivity index is 2.76. The molecule has 0 radical (unpaired) electrons. The number of aliphatic hydroxyl groups is 1. The second-order valence-electron chi connectivity index (χ2n) is 5.11. The summed E-state index contributed by atoms with van der Waals surface area (Å²) in [6.07, 6.45) is 0.518. The van der Waals surface area contributed by atoms with E-state index in [2.05, 4.69) is 20.7 Å². The van der Waals surface area contributed by atoms with Gasteiger partial charge in [0.1, 0.15) is 4.21 Å². The minimum atomic E-state index is -3.64. The van der Waals surface area contributed by atoms with E-state index in [1.54, 1.807) is 6.92 Å². The van der Waals surface area contributed by atoms with Gasteiger partial charge in [-0.3, -0.25) is 0 Å². The number of nitrogens with one attached hydrogen (secondary N) is 1. The maximum atomic E-state index is 12.0. The lowest BCUT2D eigenvalue weighted by Crippen LogP contribution is -2.41. The molecule has 0 saturated heterocycles. The molecule has 2 N–H and O–H groups in total. The van der Waals surface area contributed by atoms with Crippen molar-refractivity contribution in [2.45, 2.75) is 37.0 Å². The smallest absolute Gasteiger partial charge is 0.250 e. The quantitative estimate of drug-likeness (QED) is 0.783. The summed E-state index contributed by atoms with van der Waals surface area (Å²) >= 11 is 10.0. The van der Waals surface area contributed by atoms with Crippen molar-refractivity contribution >= 4 is 48.9 Å². The van der Waals surface area contributed by atoms with Gasteiger partial charge in [0.15, 0.2) is 0 Å². The molecule has 0 aliphatic carbocycles. The van der Waals surface area contributed by atoms with E-state index in [4.69, 9.17) is 11.6 Å². The van der Waals surface area contributed by atoms with Gasteiger partial charge in [-0.05, 0) is 41.3 Å². The molecule has 1 rings (SSSR count). The van der Waals surface area contributed by atoms with Crippen LogP contribution in [-0.4, -0.2) is 25.7 Å². The lowest BCUT2D eigenvalue weighted by molar-refractivity contribution is 0.0437. The first-order valence-corrected chi connectivity index (χ1v) is 9.17. The van der Waals surface area contributed by atoms with Gasteiger partial charge in [0, 0.05) is 6.54 Å². The second kappa shape index (κ2) is 6.41. The van der Waals surface area contributed by atoms with E-state index in [-0.39, 0.29) is 16.7 Å². The first kappa shape index (κ1) is 17.4. The predicted octanol–water partition coefficient (Wildman–Crippen LogP) is 3.24. The molecular formula is C11H17BrClNO3S2. The molecule has 19 heavy (non-hydrogen) atoms. The van der Waals surface area contributed by atoms with Crippen LogP contribution in [0.4, 0.5) is 0 Å². The van der Waals surface area contributed by atoms with Gasteiger partial charge in [-0.15, -0.1) is 11.3 Å². The number of thiophene rings is 1. The van der Waals surface area contributed by atoms with Gasteiger partial charge in [-0.1, -0.05) is 25.4 Å². The number of hydrogen-bond acceptors (Lipinski definition) is 4. The summed E-state index contributed by atoms with van der Waals surface area (Å²) in [5.41, 5.74) is -1.07. The van der Waals surface area contributed by atoms with E-state index in [1.165, 1.54) is 6.07 Å². The van der Waals surface area contributed by atoms with Gasteiger partial charge in [-0.2, -0.15) is 0 Å². The van der Waals surface area contributed by atoms with Gasteiger partial charge in [0.25, 0.3) is 0 Å². The van der Waals surface area contributed by atoms with Crippen LogP contribution in [0.15, 0.2) is 14.1 Å². The zero-order chi connectivity index (χ0) is 14.8. The predicted molar refractivity (Wildman–Crippen MR) is 82.3 cm³/mol. The van der Waals surface area contributed by atoms with Crippen LogP contribution in [0.25, 0.3) is 0 Å². The standard InChI is InChI=1S/C11H17BrClNO3S2/c1-7(2)5-11(3,15)6-14-19(16,17)9-4-8(13)10(12)18-9/h4,7,14-15H,5-6H2,1-3H3. The Bertz CT molecular complexity index is 521. The highest BCUT2D eigenvalue weighted by atomic mass is 79.9. The highest BCUT2D eigenvalue weighted by Gasteiger charge is 2.26. The van der Waals surface area contributed by atoms with Gasteiger partial charge in [0.2, 0.25) is 10.0 Å². The van der Waals surface area contributed by atoms with Crippen LogP contribution >= 0.6 is 38.9 Å². The van der Waals surface area contributed by atoms with Crippen LogP contribution in [-0.2, 0) is 10.0 Å². The Labute approximate surface area is 131 Å². The summed E-state index contributed by atoms with van der Waals surface area (Å²) in [7, 11) is -3.64. The van der Waals surface area contributed by atoms with Crippen LogP contribution in [0, 0.1) is 5.92 Å². The average molecular weight is 391 g/mol. The number of halogens is 2. The largest absolute Gasteiger partial charge is 0.389 e. The van der Waals surface area contributed by atoms with Gasteiger partial charge < -0.3 is 5.11 Å². The highest BCUT2D eigenvalue weighted by molar-refractivity contribution is 9.11. The van der Waals surface area contributed by atoms with Gasteiger partial charge >= 0.3 is 0 Å². The SMILES string of the molecule is CC(C)CC(C)(O)CNS(=O)(=O)c1cc(Cl)c(Br)s1. The first-order chi connectivity index (χ1) is 8.53. The third-order valence-electron chi connectivity index (χ3n) is 2.38. The monoisotopic (exact) mass is 389 g/mol. The summed E-state index contributed by atoms with van der Waals surface area (Å²) in [6, 6.07) is 1.38. The van der Waals surface area contributed by atoms with E-state index in [1.807, 2.05) is 13.8 Å². The Hall–Kier alpha value is 0.340. The van der Waals surface area contributed by atoms with E-state index < -0.39 is 15.6 Å². The van der Waals surface area contributed by atoms with Gasteiger partial charge in [0.05, 0.1) is 14.4 Å². The summed E-state index contributed by atoms with van der Waals surface area (Å²) < 4.78 is 27.2. The normalized spacial score (nSPS) is 15.7. The van der Waals surface area contributed by atoms with Crippen molar-refractivity contribution in [2.24, 2.45) is 5.92 Å². The summed E-state index contributed by atoms with van der Waals surface area (Å²) in [5.74, 6) is 0.282. The maximum Gasteiger partial charge on any atom is 0.250 e. The molecule has 0 aliphatic rings. The molecular weight excluding hydrogens is 374 g/mol. The van der Waals surface area contributed by atoms with Crippen molar-refractivity contribution in [3.8, 4) is 0 Å². The minimum absolute atomic E-state index is 0.0271. The molecule has 0 spiro atoms. The lowest BCUT2D eigenvalue weighted by Gasteiger charge is -2.25. The Kier molecular flexibility index (Phi) is 5.86. The zero-order valence-corrected chi connectivity index (χ0v) is 14.9. The van der Waals surface area contributed by atoms with Crippen molar-refractivity contribution in [2.75, 3.05) is 6.54 Å². The third kappa shape index (κ3) is 5.32. The van der Waals surface area contributed by atoms with E-state index in [9.17, 15) is 13.5 Å². The molecule has 1 unspecified atom stereocenters. The van der Waals surface area contributed by atoms with Crippen LogP contribution in [0.3, 0.4) is 0 Å². The minimum Gasteiger partial charge on any atom is -0.389 e. The fourth-order valence-corrected chi connectivity index (χ4v) is 5.34. The fraction of sp³-hybridized carbons (Fsp3) is 0.636. The number of sulfonamides is 1. The topological polar surface area (TPSA) is 66.4 Å². The van der Waals surface area contributed by atoms with Crippen molar-refractivity contribution < 1.29 is 13.5 Å². The molecule has 110 valence electrons. The molecule has 0 bridgehead atoms. The van der Waals surface area contributed by atoms with Crippen LogP contribution in [0.1, 0.15) is 27.2 Å². The first-order valence-electron chi connectivity index (χ1n) is 5.70. The van der Waals surface area contributed by atoms with Crippen LogP contribution in [0.2, 0.25) is 5.02 Å². The molecule has 0 fully saturated rings. The van der Waals surface area contributed by atoms with Crippen molar-refractivity contribution in [3.63, 3.8) is 0 Å². The third-order valence-corrected chi connectivity index (χ3v) is 6.73. The molecule has 0 aromatic carbocycles. The second-order valence-corrected chi connectivity index (χ2v) is 9.88. The van der Waals surface area contributed by atoms with Gasteiger partial charge in [-0.25, -0.2) is 13.1 Å². The molecule has 1 aromatic rings. The molecule has 1 heterocycles. The lowest BCUT2D eigenvalue weighted by atomic mass is 9.95. The Morgan fingerprint density at radius 3 is 2.58 bits per heavy atom. The van der Waals surface area contributed by atoms with E-state index in [0.29, 0.717) is 15.2 Å². The molecule has 0 amide bonds. The maximum absolute atomic E-state index is 12.0. The Morgan fingerprint density at radius 1 is 1.58 bits per heavy atom. The van der Waals surface area contributed by atoms with Crippen LogP contribution < -0.4 is 4.72 Å². The van der Waals surface area contributed by atoms with Crippen molar-refractivity contribution in [1.82, 2.24) is 4.72 Å². The molecule has 4 nitrogen and oxygen atoms in total. The van der Waals surface area contributed by atoms with Crippen molar-refractivity contribution in [1.29, 1.82) is 0 Å². The summed E-state index contributed by atoms with van der Waals surface area (Å²) in [5, 5.41) is 10.5. The summed E-state index contributed by atoms with van der Waals surface area (Å²) in [4.78, 5) is 0. The Morgan fingerprint density at radius 2 is 2.16 bits per heavy atom. The molecule has 8 heteroatoms. The average Bonchev–Trinajstić information content (AvgIpc) is 2.56. The fourth-order valence-electron chi connectivity index (χ4n) is 1.73. The van der Waals surface area contributed by atoms with Crippen LogP contribution in [0.5, 0.6) is 0 Å². The molecule has 1 atom stereocenters. The zero-order valence-electron chi connectivity index (χ0n) is 10.9. The molecule has 0 saturated carbocycles. The molecule has 1 aromatic heterocycles. The summed E-state index contributed by atoms with van der Waals surface area (Å²) in [6.45, 7) is 5.53. The number of rotatable bonds is 6. The highest BCUT2D eigenvalue weighted by Crippen LogP contribution is 2.34. The van der Waals surface area contributed by atoms with E-state index >= 15 is 0 Å². The van der Waals surface area contributed by atoms with Crippen molar-refractivity contribution in [3.05, 3.63) is 14.9 Å². The van der Waals surface area contributed by atoms with E-state index in [0.717, 1.165) is 11.3 Å². The number of hydrogen-bond donors (Lipinski definition) is 2.